The Morgan fingerprint density at radius 1 is 0.549 bits per heavy atom. The second-order valence-corrected chi connectivity index (χ2v) is 13.1. The Labute approximate surface area is 295 Å². The van der Waals surface area contributed by atoms with Crippen LogP contribution in [0.4, 0.5) is 0 Å². The van der Waals surface area contributed by atoms with Crippen LogP contribution in [-0.4, -0.2) is 9.13 Å². The summed E-state index contributed by atoms with van der Waals surface area (Å²) < 4.78 is 4.54. The fourth-order valence-electron chi connectivity index (χ4n) is 7.97. The predicted octanol–water partition coefficient (Wildman–Crippen LogP) is 10.9. The van der Waals surface area contributed by atoms with Gasteiger partial charge < -0.3 is 9.13 Å². The largest absolute Gasteiger partial charge is 0.313 e. The molecule has 1 aliphatic rings. The minimum Gasteiger partial charge on any atom is -0.313 e. The Balaban J connectivity index is 1.23. The minimum absolute atomic E-state index is 0.107. The first kappa shape index (κ1) is 30.0. The highest BCUT2D eigenvalue weighted by Crippen LogP contribution is 2.42. The monoisotopic (exact) mass is 651 g/mol. The summed E-state index contributed by atoms with van der Waals surface area (Å²) in [5.41, 5.74) is 13.2. The molecule has 8 aromatic rings. The molecule has 0 amide bonds. The summed E-state index contributed by atoms with van der Waals surface area (Å²) in [6.45, 7) is 2.10. The molecule has 5 nitrogen and oxygen atoms in total. The predicted molar refractivity (Wildman–Crippen MR) is 204 cm³/mol. The summed E-state index contributed by atoms with van der Waals surface area (Å²) in [6, 6.07) is 52.6. The van der Waals surface area contributed by atoms with Crippen LogP contribution >= 0.6 is 0 Å². The molecule has 1 aliphatic carbocycles. The smallest absolute Gasteiger partial charge is 0.0998 e. The lowest BCUT2D eigenvalue weighted by Crippen LogP contribution is -2.12. The van der Waals surface area contributed by atoms with Gasteiger partial charge in [0.05, 0.1) is 51.6 Å². The summed E-state index contributed by atoms with van der Waals surface area (Å²) >= 11 is 0. The first-order chi connectivity index (χ1) is 25.1. The molecule has 5 heteroatoms. The lowest BCUT2D eigenvalue weighted by Gasteiger charge is -2.20. The molecule has 9 rings (SSSR count). The number of nitriles is 3. The van der Waals surface area contributed by atoms with Gasteiger partial charge in [-0.05, 0) is 78.1 Å². The third kappa shape index (κ3) is 4.59. The Morgan fingerprint density at radius 3 is 1.94 bits per heavy atom. The van der Waals surface area contributed by atoms with Crippen LogP contribution < -0.4 is 0 Å². The molecule has 0 bridgehead atoms. The van der Waals surface area contributed by atoms with Crippen LogP contribution in [0.25, 0.3) is 72.4 Å². The van der Waals surface area contributed by atoms with Crippen LogP contribution in [0.1, 0.15) is 29.3 Å². The van der Waals surface area contributed by atoms with E-state index in [2.05, 4.69) is 107 Å². The number of benzene rings is 6. The molecule has 0 spiro atoms. The zero-order valence-electron chi connectivity index (χ0n) is 27.8. The van der Waals surface area contributed by atoms with Gasteiger partial charge >= 0.3 is 0 Å². The van der Waals surface area contributed by atoms with E-state index in [1.807, 2.05) is 66.7 Å². The quantitative estimate of drug-likeness (QED) is 0.190. The van der Waals surface area contributed by atoms with Gasteiger partial charge in [0, 0.05) is 49.8 Å². The summed E-state index contributed by atoms with van der Waals surface area (Å²) in [5.74, 6) is 0.107. The van der Waals surface area contributed by atoms with E-state index in [1.54, 1.807) is 0 Å². The number of hydrogen-bond acceptors (Lipinski definition) is 3. The molecule has 2 aromatic heterocycles. The lowest BCUT2D eigenvalue weighted by atomic mass is 9.88. The molecule has 0 saturated heterocycles. The van der Waals surface area contributed by atoms with Crippen molar-refractivity contribution in [2.24, 2.45) is 5.92 Å². The minimum atomic E-state index is 0.107. The van der Waals surface area contributed by atoms with Crippen molar-refractivity contribution >= 4 is 38.8 Å². The molecule has 238 valence electrons. The Bertz CT molecular complexity index is 2900. The van der Waals surface area contributed by atoms with Crippen molar-refractivity contribution in [2.45, 2.75) is 13.3 Å². The highest BCUT2D eigenvalue weighted by atomic mass is 15.0. The molecule has 0 saturated carbocycles. The fraction of sp³-hybridized carbons (Fsp3) is 0.0652. The molecule has 51 heavy (non-hydrogen) atoms. The maximum atomic E-state index is 10.7. The van der Waals surface area contributed by atoms with E-state index in [9.17, 15) is 15.8 Å². The summed E-state index contributed by atoms with van der Waals surface area (Å²) in [5, 5.41) is 33.4. The average molecular weight is 652 g/mol. The van der Waals surface area contributed by atoms with Crippen LogP contribution in [0.15, 0.2) is 139 Å². The van der Waals surface area contributed by atoms with Gasteiger partial charge in [-0.15, -0.1) is 0 Å². The van der Waals surface area contributed by atoms with Gasteiger partial charge in [0.25, 0.3) is 0 Å². The number of nitrogens with zero attached hydrogens (tertiary/aromatic N) is 5. The number of para-hydroxylation sites is 3. The number of fused-ring (bicyclic) bond motifs is 6. The Hall–Kier alpha value is -7.13. The first-order valence-corrected chi connectivity index (χ1v) is 17.0. The highest BCUT2D eigenvalue weighted by molar-refractivity contribution is 6.10. The number of allylic oxidation sites excluding steroid dienone is 1. The molecular formula is C46H29N5. The van der Waals surface area contributed by atoms with E-state index in [0.29, 0.717) is 11.1 Å². The van der Waals surface area contributed by atoms with Crippen LogP contribution in [0, 0.1) is 39.9 Å². The Morgan fingerprint density at radius 2 is 1.20 bits per heavy atom. The van der Waals surface area contributed by atoms with Crippen LogP contribution in [0.3, 0.4) is 0 Å². The molecule has 6 aromatic carbocycles. The van der Waals surface area contributed by atoms with E-state index in [-0.39, 0.29) is 5.92 Å². The SMILES string of the molecule is CC1Cc2c(c3ccccc3n2-c2ccc(-c3ccccc3-c3ccccc3-n3c4ccccc4c4cc(C#N)ccc43)c(C#N)c2)C=C1C#N. The molecule has 0 fully saturated rings. The van der Waals surface area contributed by atoms with Gasteiger partial charge in [0.15, 0.2) is 0 Å². The standard InChI is InChI=1S/C46H29N5/c1-29-22-46-41(25-31(29)27-48)39-14-5-7-15-42(39)50(46)33-19-20-34(32(24-33)28-49)35-10-2-3-11-36(35)37-12-4-8-16-43(37)51-44-17-9-6-13-38(44)40-23-30(26-47)18-21-45(40)51/h2-21,23-25,29H,22H2,1H3. The van der Waals surface area contributed by atoms with Crippen molar-refractivity contribution in [1.29, 1.82) is 15.8 Å². The van der Waals surface area contributed by atoms with Gasteiger partial charge in [-0.1, -0.05) is 91.9 Å². The number of aromatic nitrogens is 2. The Kier molecular flexibility index (Phi) is 6.92. The molecule has 0 aliphatic heterocycles. The van der Waals surface area contributed by atoms with Crippen molar-refractivity contribution in [3.05, 3.63) is 161 Å². The second-order valence-electron chi connectivity index (χ2n) is 13.1. The van der Waals surface area contributed by atoms with Crippen molar-refractivity contribution in [3.8, 4) is 51.8 Å². The highest BCUT2D eigenvalue weighted by Gasteiger charge is 2.26. The van der Waals surface area contributed by atoms with E-state index in [1.165, 1.54) is 0 Å². The normalized spacial score (nSPS) is 13.8. The molecule has 1 unspecified atom stereocenters. The topological polar surface area (TPSA) is 81.2 Å². The van der Waals surface area contributed by atoms with Gasteiger partial charge in [-0.25, -0.2) is 0 Å². The van der Waals surface area contributed by atoms with E-state index < -0.39 is 0 Å². The van der Waals surface area contributed by atoms with Crippen LogP contribution in [0.2, 0.25) is 0 Å². The molecule has 1 atom stereocenters. The molecular weight excluding hydrogens is 623 g/mol. The second kappa shape index (κ2) is 11.8. The van der Waals surface area contributed by atoms with Crippen LogP contribution in [0.5, 0.6) is 0 Å². The average Bonchev–Trinajstić information content (AvgIpc) is 3.69. The summed E-state index contributed by atoms with van der Waals surface area (Å²) in [7, 11) is 0. The van der Waals surface area contributed by atoms with Crippen molar-refractivity contribution < 1.29 is 0 Å². The van der Waals surface area contributed by atoms with Crippen LogP contribution in [-0.2, 0) is 6.42 Å². The van der Waals surface area contributed by atoms with Crippen molar-refractivity contribution in [1.82, 2.24) is 9.13 Å². The third-order valence-corrected chi connectivity index (χ3v) is 10.3. The van der Waals surface area contributed by atoms with E-state index in [4.69, 9.17) is 0 Å². The molecule has 0 N–H and O–H groups in total. The fourth-order valence-corrected chi connectivity index (χ4v) is 7.97. The van der Waals surface area contributed by atoms with Crippen molar-refractivity contribution in [3.63, 3.8) is 0 Å². The van der Waals surface area contributed by atoms with E-state index in [0.717, 1.165) is 89.6 Å². The number of hydrogen-bond donors (Lipinski definition) is 0. The van der Waals surface area contributed by atoms with Gasteiger partial charge in [-0.2, -0.15) is 15.8 Å². The van der Waals surface area contributed by atoms with E-state index >= 15 is 0 Å². The first-order valence-electron chi connectivity index (χ1n) is 17.0. The zero-order chi connectivity index (χ0) is 34.6. The maximum Gasteiger partial charge on any atom is 0.0998 e. The lowest BCUT2D eigenvalue weighted by molar-refractivity contribution is 0.667. The zero-order valence-corrected chi connectivity index (χ0v) is 27.8. The number of rotatable bonds is 4. The molecule has 2 heterocycles. The summed E-state index contributed by atoms with van der Waals surface area (Å²) in [6.07, 6.45) is 2.78. The van der Waals surface area contributed by atoms with Gasteiger partial charge in [0.2, 0.25) is 0 Å². The summed E-state index contributed by atoms with van der Waals surface area (Å²) in [4.78, 5) is 0. The van der Waals surface area contributed by atoms with Crippen molar-refractivity contribution in [2.75, 3.05) is 0 Å². The molecule has 0 radical (unpaired) electrons. The maximum absolute atomic E-state index is 10.7. The van der Waals surface area contributed by atoms with Gasteiger partial charge in [-0.3, -0.25) is 0 Å². The van der Waals surface area contributed by atoms with Gasteiger partial charge in [0.1, 0.15) is 0 Å². The third-order valence-electron chi connectivity index (χ3n) is 10.3.